The van der Waals surface area contributed by atoms with Gasteiger partial charge in [-0.1, -0.05) is 18.2 Å². The average molecular weight is 192 g/mol. The Morgan fingerprint density at radius 2 is 2.15 bits per heavy atom. The van der Waals surface area contributed by atoms with E-state index < -0.39 is 0 Å². The largest absolute Gasteiger partial charge is 0.361 e. The van der Waals surface area contributed by atoms with E-state index in [-0.39, 0.29) is 0 Å². The summed E-state index contributed by atoms with van der Waals surface area (Å²) < 4.78 is 1.32. The standard InChI is InChI=1S/C10H12N2S/c1-12(7-11)9-6-13-10-5-3-2-4-8(9)10/h2-6H,7,11H2,1H3. The lowest BCUT2D eigenvalue weighted by atomic mass is 10.2. The monoisotopic (exact) mass is 192 g/mol. The molecule has 0 atom stereocenters. The summed E-state index contributed by atoms with van der Waals surface area (Å²) in [6.07, 6.45) is 0. The molecule has 2 N–H and O–H groups in total. The van der Waals surface area contributed by atoms with Crippen LogP contribution in [0.1, 0.15) is 0 Å². The lowest BCUT2D eigenvalue weighted by molar-refractivity contribution is 0.940. The zero-order valence-corrected chi connectivity index (χ0v) is 8.34. The molecule has 1 aromatic carbocycles. The number of hydrogen-bond acceptors (Lipinski definition) is 3. The van der Waals surface area contributed by atoms with Crippen molar-refractivity contribution in [2.24, 2.45) is 5.73 Å². The van der Waals surface area contributed by atoms with Gasteiger partial charge in [0.05, 0.1) is 12.4 Å². The van der Waals surface area contributed by atoms with Crippen molar-refractivity contribution >= 4 is 27.1 Å². The number of thiophene rings is 1. The fourth-order valence-electron chi connectivity index (χ4n) is 1.36. The fraction of sp³-hybridized carbons (Fsp3) is 0.200. The summed E-state index contributed by atoms with van der Waals surface area (Å²) in [5.74, 6) is 0. The van der Waals surface area contributed by atoms with E-state index in [1.165, 1.54) is 15.8 Å². The van der Waals surface area contributed by atoms with Gasteiger partial charge in [-0.3, -0.25) is 0 Å². The predicted octanol–water partition coefficient (Wildman–Crippen LogP) is 2.25. The van der Waals surface area contributed by atoms with Gasteiger partial charge in [-0.15, -0.1) is 11.3 Å². The van der Waals surface area contributed by atoms with Crippen molar-refractivity contribution in [1.29, 1.82) is 0 Å². The summed E-state index contributed by atoms with van der Waals surface area (Å²) in [4.78, 5) is 2.05. The molecule has 0 radical (unpaired) electrons. The van der Waals surface area contributed by atoms with Crippen molar-refractivity contribution in [3.05, 3.63) is 29.6 Å². The molecule has 0 saturated heterocycles. The summed E-state index contributed by atoms with van der Waals surface area (Å²) in [7, 11) is 2.01. The quantitative estimate of drug-likeness (QED) is 0.739. The van der Waals surface area contributed by atoms with Crippen LogP contribution in [0.5, 0.6) is 0 Å². The molecule has 0 aliphatic rings. The topological polar surface area (TPSA) is 29.3 Å². The highest BCUT2D eigenvalue weighted by atomic mass is 32.1. The van der Waals surface area contributed by atoms with Crippen LogP contribution in [0.15, 0.2) is 29.6 Å². The molecule has 68 valence electrons. The molecule has 0 aliphatic carbocycles. The van der Waals surface area contributed by atoms with Crippen molar-refractivity contribution < 1.29 is 0 Å². The first kappa shape index (κ1) is 8.53. The predicted molar refractivity (Wildman–Crippen MR) is 59.3 cm³/mol. The molecule has 0 bridgehead atoms. The highest BCUT2D eigenvalue weighted by molar-refractivity contribution is 7.17. The van der Waals surface area contributed by atoms with Gasteiger partial charge in [0.1, 0.15) is 0 Å². The first-order chi connectivity index (χ1) is 6.33. The van der Waals surface area contributed by atoms with Crippen LogP contribution in [0.25, 0.3) is 10.1 Å². The Bertz CT molecular complexity index is 408. The maximum absolute atomic E-state index is 5.58. The third-order valence-corrected chi connectivity index (χ3v) is 3.10. The van der Waals surface area contributed by atoms with Crippen LogP contribution in [0.3, 0.4) is 0 Å². The normalized spacial score (nSPS) is 10.6. The van der Waals surface area contributed by atoms with E-state index >= 15 is 0 Å². The van der Waals surface area contributed by atoms with Gasteiger partial charge < -0.3 is 10.6 Å². The van der Waals surface area contributed by atoms with E-state index in [0.717, 1.165) is 0 Å². The second-order valence-electron chi connectivity index (χ2n) is 3.00. The molecular weight excluding hydrogens is 180 g/mol. The van der Waals surface area contributed by atoms with Crippen LogP contribution in [-0.4, -0.2) is 13.7 Å². The van der Waals surface area contributed by atoms with Crippen LogP contribution in [0.2, 0.25) is 0 Å². The van der Waals surface area contributed by atoms with E-state index in [4.69, 9.17) is 5.73 Å². The van der Waals surface area contributed by atoms with Gasteiger partial charge in [0.15, 0.2) is 0 Å². The average Bonchev–Trinajstić information content (AvgIpc) is 2.60. The Morgan fingerprint density at radius 1 is 1.38 bits per heavy atom. The summed E-state index contributed by atoms with van der Waals surface area (Å²) in [6.45, 7) is 0.556. The van der Waals surface area contributed by atoms with Crippen LogP contribution in [-0.2, 0) is 0 Å². The fourth-order valence-corrected chi connectivity index (χ4v) is 2.36. The highest BCUT2D eigenvalue weighted by Gasteiger charge is 2.05. The highest BCUT2D eigenvalue weighted by Crippen LogP contribution is 2.31. The maximum atomic E-state index is 5.58. The number of rotatable bonds is 2. The first-order valence-electron chi connectivity index (χ1n) is 4.20. The third-order valence-electron chi connectivity index (χ3n) is 2.15. The molecule has 1 aromatic heterocycles. The molecular formula is C10H12N2S. The smallest absolute Gasteiger partial charge is 0.0654 e. The van der Waals surface area contributed by atoms with E-state index in [0.29, 0.717) is 6.67 Å². The van der Waals surface area contributed by atoms with E-state index in [1.807, 2.05) is 7.05 Å². The zero-order valence-electron chi connectivity index (χ0n) is 7.53. The number of nitrogens with two attached hydrogens (primary N) is 1. The number of benzene rings is 1. The second-order valence-corrected chi connectivity index (χ2v) is 3.91. The summed E-state index contributed by atoms with van der Waals surface area (Å²) in [5, 5.41) is 3.44. The van der Waals surface area contributed by atoms with Crippen LogP contribution >= 0.6 is 11.3 Å². The van der Waals surface area contributed by atoms with E-state index in [9.17, 15) is 0 Å². The summed E-state index contributed by atoms with van der Waals surface area (Å²) >= 11 is 1.76. The summed E-state index contributed by atoms with van der Waals surface area (Å²) in [5.41, 5.74) is 6.81. The molecule has 0 aliphatic heterocycles. The number of anilines is 1. The minimum Gasteiger partial charge on any atom is -0.361 e. The molecule has 2 rings (SSSR count). The van der Waals surface area contributed by atoms with Crippen molar-refractivity contribution in [3.8, 4) is 0 Å². The Balaban J connectivity index is 2.57. The Morgan fingerprint density at radius 3 is 2.92 bits per heavy atom. The van der Waals surface area contributed by atoms with Crippen molar-refractivity contribution in [2.45, 2.75) is 0 Å². The van der Waals surface area contributed by atoms with Gasteiger partial charge in [-0.25, -0.2) is 0 Å². The summed E-state index contributed by atoms with van der Waals surface area (Å²) in [6, 6.07) is 8.38. The molecule has 0 unspecified atom stereocenters. The molecule has 2 aromatic rings. The van der Waals surface area contributed by atoms with Gasteiger partial charge in [-0.05, 0) is 6.07 Å². The zero-order chi connectivity index (χ0) is 9.26. The lowest BCUT2D eigenvalue weighted by Crippen LogP contribution is -2.24. The molecule has 0 fully saturated rings. The van der Waals surface area contributed by atoms with Gasteiger partial charge in [0.2, 0.25) is 0 Å². The van der Waals surface area contributed by atoms with Crippen LogP contribution in [0.4, 0.5) is 5.69 Å². The van der Waals surface area contributed by atoms with E-state index in [1.54, 1.807) is 11.3 Å². The van der Waals surface area contributed by atoms with Crippen molar-refractivity contribution in [1.82, 2.24) is 0 Å². The maximum Gasteiger partial charge on any atom is 0.0654 e. The Labute approximate surface area is 81.6 Å². The minimum atomic E-state index is 0.556. The molecule has 3 heteroatoms. The van der Waals surface area contributed by atoms with Crippen molar-refractivity contribution in [2.75, 3.05) is 18.6 Å². The number of hydrogen-bond donors (Lipinski definition) is 1. The van der Waals surface area contributed by atoms with Crippen molar-refractivity contribution in [3.63, 3.8) is 0 Å². The Kier molecular flexibility index (Phi) is 2.20. The lowest BCUT2D eigenvalue weighted by Gasteiger charge is -2.14. The molecule has 0 saturated carbocycles. The minimum absolute atomic E-state index is 0.556. The SMILES string of the molecule is CN(CN)c1csc2ccccc12. The van der Waals surface area contributed by atoms with Gasteiger partial charge in [0.25, 0.3) is 0 Å². The first-order valence-corrected chi connectivity index (χ1v) is 5.08. The molecule has 0 spiro atoms. The number of nitrogens with zero attached hydrogens (tertiary/aromatic N) is 1. The third kappa shape index (κ3) is 1.41. The molecule has 13 heavy (non-hydrogen) atoms. The Hall–Kier alpha value is -1.06. The van der Waals surface area contributed by atoms with Gasteiger partial charge in [-0.2, -0.15) is 0 Å². The molecule has 0 amide bonds. The second kappa shape index (κ2) is 3.36. The van der Waals surface area contributed by atoms with Crippen LogP contribution < -0.4 is 10.6 Å². The van der Waals surface area contributed by atoms with Gasteiger partial charge >= 0.3 is 0 Å². The van der Waals surface area contributed by atoms with Gasteiger partial charge in [0, 0.05) is 22.5 Å². The molecule has 2 nitrogen and oxygen atoms in total. The number of fused-ring (bicyclic) bond motifs is 1. The van der Waals surface area contributed by atoms with E-state index in [2.05, 4.69) is 34.5 Å². The molecule has 1 heterocycles. The van der Waals surface area contributed by atoms with Crippen LogP contribution in [0, 0.1) is 0 Å².